The highest BCUT2D eigenvalue weighted by Gasteiger charge is 2.20. The van der Waals surface area contributed by atoms with E-state index in [2.05, 4.69) is 15.9 Å². The Morgan fingerprint density at radius 1 is 1.33 bits per heavy atom. The van der Waals surface area contributed by atoms with Crippen molar-refractivity contribution in [3.8, 4) is 11.5 Å². The maximum Gasteiger partial charge on any atom is 0.175 e. The van der Waals surface area contributed by atoms with Crippen LogP contribution in [0, 0.1) is 0 Å². The van der Waals surface area contributed by atoms with E-state index in [-0.39, 0.29) is 5.78 Å². The third-order valence-electron chi connectivity index (χ3n) is 1.90. The lowest BCUT2D eigenvalue weighted by Gasteiger charge is -2.13. The molecule has 0 fully saturated rings. The SMILES string of the molecule is COc1c(Br)cc(Cl)c(C(C)=O)c1OC. The average Bonchev–Trinajstić information content (AvgIpc) is 2.15. The van der Waals surface area contributed by atoms with Gasteiger partial charge in [0.25, 0.3) is 0 Å². The van der Waals surface area contributed by atoms with Crippen molar-refractivity contribution in [1.82, 2.24) is 0 Å². The Morgan fingerprint density at radius 3 is 2.27 bits per heavy atom. The second kappa shape index (κ2) is 4.86. The number of hydrogen-bond donors (Lipinski definition) is 0. The van der Waals surface area contributed by atoms with Gasteiger partial charge in [-0.1, -0.05) is 11.6 Å². The van der Waals surface area contributed by atoms with Crippen LogP contribution in [0.15, 0.2) is 10.5 Å². The fourth-order valence-electron chi connectivity index (χ4n) is 1.29. The van der Waals surface area contributed by atoms with Gasteiger partial charge in [-0.3, -0.25) is 4.79 Å². The van der Waals surface area contributed by atoms with Crippen LogP contribution in [0.4, 0.5) is 0 Å². The second-order valence-electron chi connectivity index (χ2n) is 2.84. The number of hydrogen-bond acceptors (Lipinski definition) is 3. The van der Waals surface area contributed by atoms with Crippen LogP contribution in [0.2, 0.25) is 5.02 Å². The molecule has 0 aliphatic rings. The number of Topliss-reactive ketones (excluding diaryl/α,β-unsaturated/α-hetero) is 1. The summed E-state index contributed by atoms with van der Waals surface area (Å²) in [6, 6.07) is 1.61. The van der Waals surface area contributed by atoms with Gasteiger partial charge in [0, 0.05) is 0 Å². The van der Waals surface area contributed by atoms with E-state index in [0.29, 0.717) is 26.6 Å². The van der Waals surface area contributed by atoms with E-state index in [4.69, 9.17) is 21.1 Å². The monoisotopic (exact) mass is 292 g/mol. The number of halogens is 2. The number of ketones is 1. The zero-order chi connectivity index (χ0) is 11.6. The number of ether oxygens (including phenoxy) is 2. The van der Waals surface area contributed by atoms with Gasteiger partial charge in [0.2, 0.25) is 0 Å². The maximum absolute atomic E-state index is 11.4. The molecule has 0 saturated carbocycles. The predicted octanol–water partition coefficient (Wildman–Crippen LogP) is 3.32. The lowest BCUT2D eigenvalue weighted by atomic mass is 10.1. The zero-order valence-corrected chi connectivity index (χ0v) is 10.9. The number of rotatable bonds is 3. The molecule has 0 aliphatic carbocycles. The van der Waals surface area contributed by atoms with Gasteiger partial charge < -0.3 is 9.47 Å². The molecule has 0 atom stereocenters. The molecule has 0 amide bonds. The molecule has 0 radical (unpaired) electrons. The highest BCUT2D eigenvalue weighted by Crippen LogP contribution is 2.42. The standard InChI is InChI=1S/C10H10BrClO3/c1-5(13)8-7(12)4-6(11)9(14-2)10(8)15-3/h4H,1-3H3. The van der Waals surface area contributed by atoms with Crippen molar-refractivity contribution in [3.63, 3.8) is 0 Å². The Labute approximate surface area is 101 Å². The largest absolute Gasteiger partial charge is 0.492 e. The first-order valence-corrected chi connectivity index (χ1v) is 5.31. The van der Waals surface area contributed by atoms with Crippen LogP contribution < -0.4 is 9.47 Å². The highest BCUT2D eigenvalue weighted by molar-refractivity contribution is 9.10. The van der Waals surface area contributed by atoms with Crippen molar-refractivity contribution >= 4 is 33.3 Å². The molecule has 0 saturated heterocycles. The molecule has 0 N–H and O–H groups in total. The van der Waals surface area contributed by atoms with Gasteiger partial charge in [-0.2, -0.15) is 0 Å². The molecule has 3 nitrogen and oxygen atoms in total. The summed E-state index contributed by atoms with van der Waals surface area (Å²) in [6.45, 7) is 1.43. The van der Waals surface area contributed by atoms with Crippen molar-refractivity contribution in [1.29, 1.82) is 0 Å². The van der Waals surface area contributed by atoms with Crippen LogP contribution in [0.3, 0.4) is 0 Å². The minimum atomic E-state index is -0.164. The van der Waals surface area contributed by atoms with Crippen LogP contribution in [-0.2, 0) is 0 Å². The van der Waals surface area contributed by atoms with Gasteiger partial charge in [0.15, 0.2) is 17.3 Å². The molecule has 0 bridgehead atoms. The van der Waals surface area contributed by atoms with Crippen molar-refractivity contribution in [2.45, 2.75) is 6.92 Å². The first-order valence-electron chi connectivity index (χ1n) is 4.13. The van der Waals surface area contributed by atoms with E-state index in [9.17, 15) is 4.79 Å². The lowest BCUT2D eigenvalue weighted by molar-refractivity contribution is 0.101. The quantitative estimate of drug-likeness (QED) is 0.802. The van der Waals surface area contributed by atoms with Gasteiger partial charge in [0.1, 0.15) is 0 Å². The van der Waals surface area contributed by atoms with Gasteiger partial charge in [-0.25, -0.2) is 0 Å². The number of carbonyl (C=O) groups is 1. The summed E-state index contributed by atoms with van der Waals surface area (Å²) in [5, 5.41) is 0.340. The molecule has 1 aromatic rings. The molecular formula is C10H10BrClO3. The zero-order valence-electron chi connectivity index (χ0n) is 8.56. The first-order chi connectivity index (χ1) is 7.02. The predicted molar refractivity (Wildman–Crippen MR) is 62.3 cm³/mol. The number of benzene rings is 1. The highest BCUT2D eigenvalue weighted by atomic mass is 79.9. The summed E-state index contributed by atoms with van der Waals surface area (Å²) in [4.78, 5) is 11.4. The van der Waals surface area contributed by atoms with Crippen molar-refractivity contribution in [2.24, 2.45) is 0 Å². The second-order valence-corrected chi connectivity index (χ2v) is 4.10. The fraction of sp³-hybridized carbons (Fsp3) is 0.300. The molecule has 1 rings (SSSR count). The van der Waals surface area contributed by atoms with Gasteiger partial charge in [-0.15, -0.1) is 0 Å². The lowest BCUT2D eigenvalue weighted by Crippen LogP contribution is -2.02. The molecule has 15 heavy (non-hydrogen) atoms. The molecule has 0 aromatic heterocycles. The Morgan fingerprint density at radius 2 is 1.87 bits per heavy atom. The van der Waals surface area contributed by atoms with Crippen LogP contribution >= 0.6 is 27.5 Å². The summed E-state index contributed by atoms with van der Waals surface area (Å²) in [5.41, 5.74) is 0.333. The summed E-state index contributed by atoms with van der Waals surface area (Å²) in [5.74, 6) is 0.652. The summed E-state index contributed by atoms with van der Waals surface area (Å²) in [6.07, 6.45) is 0. The van der Waals surface area contributed by atoms with Crippen LogP contribution in [-0.4, -0.2) is 20.0 Å². The summed E-state index contributed by atoms with van der Waals surface area (Å²) in [7, 11) is 2.97. The van der Waals surface area contributed by atoms with E-state index >= 15 is 0 Å². The van der Waals surface area contributed by atoms with Crippen LogP contribution in [0.1, 0.15) is 17.3 Å². The van der Waals surface area contributed by atoms with Crippen molar-refractivity contribution in [2.75, 3.05) is 14.2 Å². The van der Waals surface area contributed by atoms with Crippen LogP contribution in [0.25, 0.3) is 0 Å². The summed E-state index contributed by atoms with van der Waals surface area (Å²) < 4.78 is 10.9. The molecule has 0 unspecified atom stereocenters. The smallest absolute Gasteiger partial charge is 0.175 e. The van der Waals surface area contributed by atoms with E-state index in [1.165, 1.54) is 21.1 Å². The van der Waals surface area contributed by atoms with E-state index < -0.39 is 0 Å². The Hall–Kier alpha value is -0.740. The third-order valence-corrected chi connectivity index (χ3v) is 2.79. The van der Waals surface area contributed by atoms with Gasteiger partial charge in [-0.05, 0) is 28.9 Å². The molecule has 1 aromatic carbocycles. The Bertz CT molecular complexity index is 404. The van der Waals surface area contributed by atoms with E-state index in [0.717, 1.165) is 0 Å². The topological polar surface area (TPSA) is 35.5 Å². The van der Waals surface area contributed by atoms with E-state index in [1.807, 2.05) is 0 Å². The molecular weight excluding hydrogens is 283 g/mol. The maximum atomic E-state index is 11.4. The molecule has 0 aliphatic heterocycles. The normalized spacial score (nSPS) is 9.93. The average molecular weight is 294 g/mol. The fourth-order valence-corrected chi connectivity index (χ4v) is 2.32. The summed E-state index contributed by atoms with van der Waals surface area (Å²) >= 11 is 9.23. The third kappa shape index (κ3) is 2.26. The molecule has 0 heterocycles. The first kappa shape index (κ1) is 12.3. The number of carbonyl (C=O) groups excluding carboxylic acids is 1. The minimum Gasteiger partial charge on any atom is -0.492 e. The minimum absolute atomic E-state index is 0.164. The molecule has 5 heteroatoms. The van der Waals surface area contributed by atoms with Crippen molar-refractivity contribution in [3.05, 3.63) is 21.1 Å². The molecule has 82 valence electrons. The Kier molecular flexibility index (Phi) is 3.99. The van der Waals surface area contributed by atoms with Gasteiger partial charge >= 0.3 is 0 Å². The van der Waals surface area contributed by atoms with Gasteiger partial charge in [0.05, 0.1) is 29.3 Å². The van der Waals surface area contributed by atoms with Crippen LogP contribution in [0.5, 0.6) is 11.5 Å². The van der Waals surface area contributed by atoms with Crippen molar-refractivity contribution < 1.29 is 14.3 Å². The Balaban J connectivity index is 3.56. The molecule has 0 spiro atoms. The number of methoxy groups -OCH3 is 2. The van der Waals surface area contributed by atoms with E-state index in [1.54, 1.807) is 6.07 Å².